The van der Waals surface area contributed by atoms with Crippen molar-refractivity contribution >= 4 is 0 Å². The average Bonchev–Trinajstić information content (AvgIpc) is 3.40. The van der Waals surface area contributed by atoms with Gasteiger partial charge >= 0.3 is 0 Å². The van der Waals surface area contributed by atoms with Crippen LogP contribution < -0.4 is 0 Å². The molecule has 0 aliphatic heterocycles. The lowest BCUT2D eigenvalue weighted by Crippen LogP contribution is -2.31. The SMILES string of the molecule is CCCOC1CC2(CCCOC3CC4CC3C3CCCC43)CCC1C2. The van der Waals surface area contributed by atoms with E-state index in [1.807, 2.05) is 0 Å². The fourth-order valence-electron chi connectivity index (χ4n) is 8.02. The minimum Gasteiger partial charge on any atom is -0.378 e. The largest absolute Gasteiger partial charge is 0.378 e. The van der Waals surface area contributed by atoms with Crippen LogP contribution >= 0.6 is 0 Å². The van der Waals surface area contributed by atoms with Gasteiger partial charge in [0.05, 0.1) is 12.2 Å². The minimum atomic E-state index is 0.583. The quantitative estimate of drug-likeness (QED) is 0.533. The average molecular weight is 347 g/mol. The molecule has 8 atom stereocenters. The number of rotatable bonds is 8. The maximum Gasteiger partial charge on any atom is 0.0608 e. The second kappa shape index (κ2) is 6.82. The second-order valence-corrected chi connectivity index (χ2v) is 10.3. The van der Waals surface area contributed by atoms with Gasteiger partial charge in [0.25, 0.3) is 0 Å². The first-order valence-electron chi connectivity index (χ1n) is 11.5. The Bertz CT molecular complexity index is 477. The predicted octanol–water partition coefficient (Wildman–Crippen LogP) is 5.59. The molecule has 142 valence electrons. The number of hydrogen-bond acceptors (Lipinski definition) is 2. The smallest absolute Gasteiger partial charge is 0.0608 e. The predicted molar refractivity (Wildman–Crippen MR) is 100 cm³/mol. The summed E-state index contributed by atoms with van der Waals surface area (Å²) in [6.07, 6.45) is 18.2. The summed E-state index contributed by atoms with van der Waals surface area (Å²) in [5.74, 6) is 4.98. The van der Waals surface area contributed by atoms with Gasteiger partial charge in [-0.1, -0.05) is 13.3 Å². The molecule has 0 aromatic heterocycles. The van der Waals surface area contributed by atoms with Crippen LogP contribution in [0.4, 0.5) is 0 Å². The van der Waals surface area contributed by atoms with Crippen molar-refractivity contribution in [3.8, 4) is 0 Å². The zero-order valence-corrected chi connectivity index (χ0v) is 16.3. The lowest BCUT2D eigenvalue weighted by Gasteiger charge is -2.32. The molecule has 5 aliphatic rings. The monoisotopic (exact) mass is 346 g/mol. The Hall–Kier alpha value is -0.0800. The minimum absolute atomic E-state index is 0.583. The molecule has 0 aromatic carbocycles. The van der Waals surface area contributed by atoms with Crippen LogP contribution in [0.3, 0.4) is 0 Å². The third-order valence-corrected chi connectivity index (χ3v) is 8.99. The lowest BCUT2D eigenvalue weighted by molar-refractivity contribution is -0.0177. The molecule has 0 heterocycles. The maximum atomic E-state index is 6.47. The second-order valence-electron chi connectivity index (χ2n) is 10.3. The standard InChI is InChI=1S/C23H38O2/c1-2-10-24-22-15-23(9-7-16(22)14-23)8-4-11-25-21-13-17-12-20(21)19-6-3-5-18(17)19/h16-22H,2-15H2,1H3. The Morgan fingerprint density at radius 2 is 1.72 bits per heavy atom. The van der Waals surface area contributed by atoms with E-state index in [0.717, 1.165) is 49.2 Å². The Morgan fingerprint density at radius 1 is 0.840 bits per heavy atom. The molecule has 0 saturated heterocycles. The summed E-state index contributed by atoms with van der Waals surface area (Å²) in [4.78, 5) is 0. The van der Waals surface area contributed by atoms with Crippen molar-refractivity contribution in [3.05, 3.63) is 0 Å². The third-order valence-electron chi connectivity index (χ3n) is 8.99. The Morgan fingerprint density at radius 3 is 2.64 bits per heavy atom. The van der Waals surface area contributed by atoms with Gasteiger partial charge in [-0.25, -0.2) is 0 Å². The number of fused-ring (bicyclic) bond motifs is 7. The van der Waals surface area contributed by atoms with E-state index in [1.54, 1.807) is 0 Å². The van der Waals surface area contributed by atoms with Crippen LogP contribution in [0.2, 0.25) is 0 Å². The van der Waals surface area contributed by atoms with E-state index in [9.17, 15) is 0 Å². The van der Waals surface area contributed by atoms with E-state index in [-0.39, 0.29) is 0 Å². The van der Waals surface area contributed by atoms with Crippen molar-refractivity contribution in [2.75, 3.05) is 13.2 Å². The van der Waals surface area contributed by atoms with Crippen molar-refractivity contribution in [1.29, 1.82) is 0 Å². The Balaban J connectivity index is 1.06. The van der Waals surface area contributed by atoms with Crippen LogP contribution in [-0.2, 0) is 9.47 Å². The third kappa shape index (κ3) is 3.00. The van der Waals surface area contributed by atoms with Gasteiger partial charge < -0.3 is 9.47 Å². The zero-order valence-electron chi connectivity index (χ0n) is 16.3. The summed E-state index contributed by atoms with van der Waals surface area (Å²) in [5.41, 5.74) is 0.623. The van der Waals surface area contributed by atoms with E-state index in [0.29, 0.717) is 17.6 Å². The van der Waals surface area contributed by atoms with Crippen molar-refractivity contribution in [1.82, 2.24) is 0 Å². The maximum absolute atomic E-state index is 6.47. The Kier molecular flexibility index (Phi) is 4.65. The lowest BCUT2D eigenvalue weighted by atomic mass is 9.79. The molecule has 8 unspecified atom stereocenters. The molecule has 0 amide bonds. The van der Waals surface area contributed by atoms with E-state index in [4.69, 9.17) is 9.47 Å². The first-order valence-corrected chi connectivity index (χ1v) is 11.5. The molecule has 5 rings (SSSR count). The molecular formula is C23H38O2. The highest BCUT2D eigenvalue weighted by molar-refractivity contribution is 5.04. The first-order chi connectivity index (χ1) is 12.3. The molecule has 2 heteroatoms. The molecule has 5 aliphatic carbocycles. The molecule has 0 N–H and O–H groups in total. The van der Waals surface area contributed by atoms with Gasteiger partial charge in [0.2, 0.25) is 0 Å². The summed E-state index contributed by atoms with van der Waals surface area (Å²) >= 11 is 0. The number of ether oxygens (including phenoxy) is 2. The van der Waals surface area contributed by atoms with Crippen molar-refractivity contribution in [2.24, 2.45) is 35.0 Å². The van der Waals surface area contributed by atoms with Crippen LogP contribution in [0.1, 0.15) is 84.0 Å². The summed E-state index contributed by atoms with van der Waals surface area (Å²) in [5, 5.41) is 0. The van der Waals surface area contributed by atoms with Crippen molar-refractivity contribution in [2.45, 2.75) is 96.2 Å². The highest BCUT2D eigenvalue weighted by Crippen LogP contribution is 2.60. The summed E-state index contributed by atoms with van der Waals surface area (Å²) < 4.78 is 12.6. The summed E-state index contributed by atoms with van der Waals surface area (Å²) in [7, 11) is 0. The topological polar surface area (TPSA) is 18.5 Å². The van der Waals surface area contributed by atoms with Crippen molar-refractivity contribution in [3.63, 3.8) is 0 Å². The van der Waals surface area contributed by atoms with Crippen LogP contribution in [0.25, 0.3) is 0 Å². The van der Waals surface area contributed by atoms with Crippen LogP contribution in [0.15, 0.2) is 0 Å². The van der Waals surface area contributed by atoms with E-state index >= 15 is 0 Å². The van der Waals surface area contributed by atoms with E-state index in [2.05, 4.69) is 6.92 Å². The molecule has 0 radical (unpaired) electrons. The highest BCUT2D eigenvalue weighted by atomic mass is 16.5. The van der Waals surface area contributed by atoms with Gasteiger partial charge in [-0.2, -0.15) is 0 Å². The van der Waals surface area contributed by atoms with Crippen molar-refractivity contribution < 1.29 is 9.47 Å². The van der Waals surface area contributed by atoms with Gasteiger partial charge in [-0.15, -0.1) is 0 Å². The highest BCUT2D eigenvalue weighted by Gasteiger charge is 2.54. The molecule has 5 saturated carbocycles. The molecule has 25 heavy (non-hydrogen) atoms. The normalized spacial score (nSPS) is 50.0. The molecule has 0 spiro atoms. The first kappa shape index (κ1) is 17.0. The fourth-order valence-corrected chi connectivity index (χ4v) is 8.02. The van der Waals surface area contributed by atoms with Crippen LogP contribution in [0.5, 0.6) is 0 Å². The molecule has 2 nitrogen and oxygen atoms in total. The molecule has 5 fully saturated rings. The summed E-state index contributed by atoms with van der Waals surface area (Å²) in [6.45, 7) is 4.22. The van der Waals surface area contributed by atoms with Gasteiger partial charge in [0.1, 0.15) is 0 Å². The zero-order chi connectivity index (χ0) is 16.9. The van der Waals surface area contributed by atoms with Crippen LogP contribution in [0, 0.1) is 35.0 Å². The van der Waals surface area contributed by atoms with E-state index < -0.39 is 0 Å². The fraction of sp³-hybridized carbons (Fsp3) is 1.00. The van der Waals surface area contributed by atoms with Crippen LogP contribution in [-0.4, -0.2) is 25.4 Å². The molecule has 4 bridgehead atoms. The van der Waals surface area contributed by atoms with Gasteiger partial charge in [0.15, 0.2) is 0 Å². The number of hydrogen-bond donors (Lipinski definition) is 0. The van der Waals surface area contributed by atoms with Gasteiger partial charge in [-0.3, -0.25) is 0 Å². The summed E-state index contributed by atoms with van der Waals surface area (Å²) in [6, 6.07) is 0. The Labute approximate surface area is 154 Å². The van der Waals surface area contributed by atoms with E-state index in [1.165, 1.54) is 70.6 Å². The van der Waals surface area contributed by atoms with Gasteiger partial charge in [0, 0.05) is 13.2 Å². The molecule has 0 aromatic rings. The van der Waals surface area contributed by atoms with Gasteiger partial charge in [-0.05, 0) is 106 Å². The molecular weight excluding hydrogens is 308 g/mol.